The van der Waals surface area contributed by atoms with Gasteiger partial charge in [-0.1, -0.05) is 32.6 Å². The summed E-state index contributed by atoms with van der Waals surface area (Å²) in [6.45, 7) is 2.21. The maximum Gasteiger partial charge on any atom is 1.00 e. The number of hydrogen-bond donors (Lipinski definition) is 0. The summed E-state index contributed by atoms with van der Waals surface area (Å²) in [4.78, 5) is 0. The molecule has 2 heteroatoms. The van der Waals surface area contributed by atoms with Crippen LogP contribution in [0, 0.1) is 10.7 Å². The average Bonchev–Trinajstić information content (AvgIpc) is 1.97. The van der Waals surface area contributed by atoms with Crippen molar-refractivity contribution in [2.45, 2.75) is 39.0 Å². The van der Waals surface area contributed by atoms with E-state index in [1.165, 1.54) is 43.9 Å². The molecule has 0 aliphatic heterocycles. The second-order valence-electron chi connectivity index (χ2n) is 2.35. The zero-order valence-corrected chi connectivity index (χ0v) is 7.41. The quantitative estimate of drug-likeness (QED) is 0.437. The van der Waals surface area contributed by atoms with Gasteiger partial charge in [-0.3, -0.25) is 0 Å². The third kappa shape index (κ3) is 7.84. The van der Waals surface area contributed by atoms with Crippen LogP contribution in [0.2, 0.25) is 0 Å². The number of thiocyanates is 1. The standard InChI is InChI=1S/C8H15NS/c1-2-3-4-5-6-7-10-8-9/h2-7H2,1H3/p+1. The van der Waals surface area contributed by atoms with E-state index in [0.717, 1.165) is 5.75 Å². The molecule has 0 aromatic carbocycles. The highest BCUT2D eigenvalue weighted by Gasteiger charge is 1.88. The second-order valence-corrected chi connectivity index (χ2v) is 3.23. The van der Waals surface area contributed by atoms with Crippen LogP contribution in [0.25, 0.3) is 0 Å². The van der Waals surface area contributed by atoms with Gasteiger partial charge in [-0.15, -0.1) is 0 Å². The number of nitrogens with zero attached hydrogens (tertiary/aromatic N) is 1. The summed E-state index contributed by atoms with van der Waals surface area (Å²) in [5.41, 5.74) is 0. The van der Waals surface area contributed by atoms with Gasteiger partial charge in [0.05, 0.1) is 0 Å². The second kappa shape index (κ2) is 8.84. The molecule has 0 aliphatic rings. The molecule has 0 fully saturated rings. The van der Waals surface area contributed by atoms with Gasteiger partial charge in [-0.2, -0.15) is 5.26 Å². The highest BCUT2D eigenvalue weighted by atomic mass is 32.2. The number of rotatable bonds is 6. The first-order valence-electron chi connectivity index (χ1n) is 3.92. The molecule has 0 amide bonds. The molecular formula is C8H16NS+. The van der Waals surface area contributed by atoms with E-state index in [9.17, 15) is 0 Å². The van der Waals surface area contributed by atoms with E-state index < -0.39 is 0 Å². The Morgan fingerprint density at radius 2 is 2.00 bits per heavy atom. The summed E-state index contributed by atoms with van der Waals surface area (Å²) in [6, 6.07) is 0. The third-order valence-corrected chi connectivity index (χ3v) is 2.04. The number of nitriles is 1. The SMILES string of the molecule is CCCCCCCSC#N.[H+]. The maximum absolute atomic E-state index is 8.18. The molecule has 58 valence electrons. The molecule has 0 spiro atoms. The largest absolute Gasteiger partial charge is 1.00 e. The number of hydrogen-bond acceptors (Lipinski definition) is 2. The van der Waals surface area contributed by atoms with Gasteiger partial charge < -0.3 is 0 Å². The van der Waals surface area contributed by atoms with E-state index in [4.69, 9.17) is 5.26 Å². The fraction of sp³-hybridized carbons (Fsp3) is 0.875. The molecule has 10 heavy (non-hydrogen) atoms. The lowest BCUT2D eigenvalue weighted by molar-refractivity contribution is 0.659. The van der Waals surface area contributed by atoms with Crippen LogP contribution in [0.5, 0.6) is 0 Å². The van der Waals surface area contributed by atoms with Crippen molar-refractivity contribution in [3.8, 4) is 5.40 Å². The molecule has 0 bridgehead atoms. The van der Waals surface area contributed by atoms with E-state index in [2.05, 4.69) is 12.3 Å². The lowest BCUT2D eigenvalue weighted by Gasteiger charge is -1.95. The Bertz CT molecular complexity index is 101. The molecule has 0 aromatic heterocycles. The van der Waals surface area contributed by atoms with Crippen LogP contribution in [0.3, 0.4) is 0 Å². The summed E-state index contributed by atoms with van der Waals surface area (Å²) in [7, 11) is 0. The van der Waals surface area contributed by atoms with Gasteiger partial charge in [0, 0.05) is 5.75 Å². The molecule has 0 N–H and O–H groups in total. The number of thioether (sulfide) groups is 1. The van der Waals surface area contributed by atoms with Gasteiger partial charge in [-0.05, 0) is 18.2 Å². The Balaban J connectivity index is 0. The summed E-state index contributed by atoms with van der Waals surface area (Å²) in [6.07, 6.45) is 6.48. The van der Waals surface area contributed by atoms with Crippen LogP contribution in [0.4, 0.5) is 0 Å². The minimum absolute atomic E-state index is 0. The Morgan fingerprint density at radius 1 is 1.30 bits per heavy atom. The van der Waals surface area contributed by atoms with Gasteiger partial charge in [0.15, 0.2) is 0 Å². The van der Waals surface area contributed by atoms with Gasteiger partial charge in [-0.25, -0.2) is 0 Å². The Labute approximate surface area is 69.3 Å². The Hall–Kier alpha value is -0.160. The molecular weight excluding hydrogens is 142 g/mol. The monoisotopic (exact) mass is 158 g/mol. The van der Waals surface area contributed by atoms with E-state index in [1.807, 2.05) is 0 Å². The van der Waals surface area contributed by atoms with Crippen LogP contribution in [0.15, 0.2) is 0 Å². The Morgan fingerprint density at radius 3 is 2.60 bits per heavy atom. The van der Waals surface area contributed by atoms with E-state index in [1.54, 1.807) is 0 Å². The first kappa shape index (κ1) is 9.84. The van der Waals surface area contributed by atoms with Crippen LogP contribution in [-0.4, -0.2) is 5.75 Å². The molecule has 0 aliphatic carbocycles. The van der Waals surface area contributed by atoms with Crippen molar-refractivity contribution in [2.75, 3.05) is 5.75 Å². The first-order chi connectivity index (χ1) is 4.91. The lowest BCUT2D eigenvalue weighted by Crippen LogP contribution is -1.79. The van der Waals surface area contributed by atoms with E-state index in [0.29, 0.717) is 0 Å². The summed E-state index contributed by atoms with van der Waals surface area (Å²) in [5, 5.41) is 10.3. The maximum atomic E-state index is 8.18. The van der Waals surface area contributed by atoms with Crippen LogP contribution < -0.4 is 0 Å². The molecule has 0 atom stereocenters. The summed E-state index contributed by atoms with van der Waals surface area (Å²) < 4.78 is 0. The van der Waals surface area contributed by atoms with Gasteiger partial charge in [0.25, 0.3) is 0 Å². The molecule has 0 rings (SSSR count). The topological polar surface area (TPSA) is 23.8 Å². The zero-order valence-electron chi connectivity index (χ0n) is 7.60. The highest BCUT2D eigenvalue weighted by molar-refractivity contribution is 8.03. The fourth-order valence-electron chi connectivity index (χ4n) is 0.823. The van der Waals surface area contributed by atoms with Gasteiger partial charge in [0.1, 0.15) is 5.40 Å². The predicted molar refractivity (Wildman–Crippen MR) is 47.9 cm³/mol. The first-order valence-corrected chi connectivity index (χ1v) is 4.91. The average molecular weight is 158 g/mol. The van der Waals surface area contributed by atoms with Crippen molar-refractivity contribution in [2.24, 2.45) is 0 Å². The zero-order chi connectivity index (χ0) is 7.66. The normalized spacial score (nSPS) is 9.20. The van der Waals surface area contributed by atoms with Crippen molar-refractivity contribution < 1.29 is 1.43 Å². The molecule has 0 saturated heterocycles. The summed E-state index contributed by atoms with van der Waals surface area (Å²) >= 11 is 1.37. The van der Waals surface area contributed by atoms with Crippen molar-refractivity contribution in [1.29, 1.82) is 5.26 Å². The number of unbranched alkanes of at least 4 members (excludes halogenated alkanes) is 4. The molecule has 0 radical (unpaired) electrons. The smallest absolute Gasteiger partial charge is 0.185 e. The molecule has 1 nitrogen and oxygen atoms in total. The fourth-order valence-corrected chi connectivity index (χ4v) is 1.26. The Kier molecular flexibility index (Phi) is 8.70. The third-order valence-electron chi connectivity index (χ3n) is 1.41. The molecule has 0 unspecified atom stereocenters. The van der Waals surface area contributed by atoms with Gasteiger partial charge in [0.2, 0.25) is 0 Å². The van der Waals surface area contributed by atoms with E-state index >= 15 is 0 Å². The van der Waals surface area contributed by atoms with E-state index in [-0.39, 0.29) is 1.43 Å². The highest BCUT2D eigenvalue weighted by Crippen LogP contribution is 2.06. The minimum atomic E-state index is 0. The summed E-state index contributed by atoms with van der Waals surface area (Å²) in [5.74, 6) is 1.01. The van der Waals surface area contributed by atoms with Crippen molar-refractivity contribution in [1.82, 2.24) is 0 Å². The van der Waals surface area contributed by atoms with Crippen LogP contribution in [-0.2, 0) is 0 Å². The molecule has 0 saturated carbocycles. The lowest BCUT2D eigenvalue weighted by atomic mass is 10.2. The minimum Gasteiger partial charge on any atom is -0.185 e. The van der Waals surface area contributed by atoms with Crippen molar-refractivity contribution in [3.05, 3.63) is 0 Å². The van der Waals surface area contributed by atoms with Crippen molar-refractivity contribution in [3.63, 3.8) is 0 Å². The van der Waals surface area contributed by atoms with Crippen LogP contribution in [0.1, 0.15) is 40.5 Å². The van der Waals surface area contributed by atoms with Crippen LogP contribution >= 0.6 is 11.8 Å². The van der Waals surface area contributed by atoms with Crippen molar-refractivity contribution >= 4 is 11.8 Å². The van der Waals surface area contributed by atoms with Gasteiger partial charge >= 0.3 is 1.43 Å². The molecule has 0 aromatic rings. The predicted octanol–water partition coefficient (Wildman–Crippen LogP) is 3.28. The molecule has 0 heterocycles.